The van der Waals surface area contributed by atoms with Crippen LogP contribution in [0.5, 0.6) is 0 Å². The van der Waals surface area contributed by atoms with Gasteiger partial charge in [0.2, 0.25) is 0 Å². The summed E-state index contributed by atoms with van der Waals surface area (Å²) in [5, 5.41) is 2.88. The highest BCUT2D eigenvalue weighted by molar-refractivity contribution is 6.81. The van der Waals surface area contributed by atoms with E-state index in [4.69, 9.17) is 0 Å². The predicted octanol–water partition coefficient (Wildman–Crippen LogP) is 6.90. The molecule has 128 valence electrons. The van der Waals surface area contributed by atoms with Gasteiger partial charge < -0.3 is 4.23 Å². The Bertz CT molecular complexity index is 1010. The summed E-state index contributed by atoms with van der Waals surface area (Å²) < 4.78 is 2.70. The maximum atomic E-state index is 2.70. The molecule has 1 aromatic heterocycles. The Morgan fingerprint density at radius 1 is 0.800 bits per heavy atom. The first-order valence-corrected chi connectivity index (χ1v) is 12.1. The summed E-state index contributed by atoms with van der Waals surface area (Å²) in [4.78, 5) is 0. The van der Waals surface area contributed by atoms with Crippen molar-refractivity contribution in [1.29, 1.82) is 0 Å². The quantitative estimate of drug-likeness (QED) is 0.445. The third-order valence-electron chi connectivity index (χ3n) is 6.85. The molecular formula is C23H27NSi. The number of aromatic nitrogens is 1. The predicted molar refractivity (Wildman–Crippen MR) is 113 cm³/mol. The maximum absolute atomic E-state index is 2.70. The normalized spacial score (nSPS) is 21.4. The van der Waals surface area contributed by atoms with Crippen LogP contribution in [-0.2, 0) is 0 Å². The highest BCUT2D eigenvalue weighted by Gasteiger charge is 2.48. The average Bonchev–Trinajstić information content (AvgIpc) is 3.04. The summed E-state index contributed by atoms with van der Waals surface area (Å²) in [6, 6.07) is 17.8. The summed E-state index contributed by atoms with van der Waals surface area (Å²) in [6.45, 7) is 14.4. The number of nitrogens with zero attached hydrogens (tertiary/aromatic N) is 1. The van der Waals surface area contributed by atoms with Gasteiger partial charge >= 0.3 is 0 Å². The Kier molecular flexibility index (Phi) is 3.42. The third-order valence-corrected chi connectivity index (χ3v) is 11.5. The fraction of sp³-hybridized carbons (Fsp3) is 0.304. The SMILES string of the molecule is CC1=CC(C)([Si](C)(C)n2c3ccccc3c3ccccc32)C(C)=C1C. The minimum Gasteiger partial charge on any atom is -0.367 e. The molecule has 2 aromatic carbocycles. The largest absolute Gasteiger partial charge is 0.367 e. The van der Waals surface area contributed by atoms with Crippen LogP contribution in [-0.4, -0.2) is 12.5 Å². The Hall–Kier alpha value is -2.06. The Morgan fingerprint density at radius 2 is 1.28 bits per heavy atom. The van der Waals surface area contributed by atoms with Crippen LogP contribution in [0.25, 0.3) is 21.8 Å². The Balaban J connectivity index is 2.10. The van der Waals surface area contributed by atoms with Crippen LogP contribution >= 0.6 is 0 Å². The molecule has 0 aliphatic heterocycles. The number of fused-ring (bicyclic) bond motifs is 3. The van der Waals surface area contributed by atoms with E-state index in [1.165, 1.54) is 33.0 Å². The zero-order chi connectivity index (χ0) is 18.0. The summed E-state index contributed by atoms with van der Waals surface area (Å²) in [5.41, 5.74) is 7.23. The lowest BCUT2D eigenvalue weighted by Gasteiger charge is -2.42. The number of benzene rings is 2. The van der Waals surface area contributed by atoms with Crippen molar-refractivity contribution < 1.29 is 0 Å². The molecule has 0 radical (unpaired) electrons. The van der Waals surface area contributed by atoms with Gasteiger partial charge in [-0.1, -0.05) is 73.6 Å². The molecule has 1 aliphatic rings. The molecule has 0 saturated carbocycles. The first-order valence-electron chi connectivity index (χ1n) is 9.15. The van der Waals surface area contributed by atoms with Crippen LogP contribution in [0.2, 0.25) is 18.1 Å². The zero-order valence-corrected chi connectivity index (χ0v) is 17.1. The lowest BCUT2D eigenvalue weighted by Crippen LogP contribution is -2.47. The minimum atomic E-state index is -1.91. The van der Waals surface area contributed by atoms with Gasteiger partial charge in [-0.15, -0.1) is 0 Å². The van der Waals surface area contributed by atoms with E-state index in [1.54, 1.807) is 5.57 Å². The van der Waals surface area contributed by atoms with Crippen molar-refractivity contribution >= 4 is 30.0 Å². The van der Waals surface area contributed by atoms with Gasteiger partial charge in [0.15, 0.2) is 8.24 Å². The Labute approximate surface area is 151 Å². The van der Waals surface area contributed by atoms with Gasteiger partial charge in [0.05, 0.1) is 0 Å². The fourth-order valence-corrected chi connectivity index (χ4v) is 8.46. The van der Waals surface area contributed by atoms with E-state index < -0.39 is 8.24 Å². The highest BCUT2D eigenvalue weighted by atomic mass is 28.3. The lowest BCUT2D eigenvalue weighted by atomic mass is 10.0. The van der Waals surface area contributed by atoms with E-state index in [2.05, 4.69) is 99.6 Å². The van der Waals surface area contributed by atoms with Crippen molar-refractivity contribution in [2.45, 2.75) is 45.8 Å². The van der Waals surface area contributed by atoms with Crippen molar-refractivity contribution in [3.63, 3.8) is 0 Å². The van der Waals surface area contributed by atoms with Crippen molar-refractivity contribution in [2.24, 2.45) is 0 Å². The van der Waals surface area contributed by atoms with Gasteiger partial charge in [0.25, 0.3) is 0 Å². The molecule has 25 heavy (non-hydrogen) atoms. The second kappa shape index (κ2) is 5.22. The molecule has 1 heterocycles. The van der Waals surface area contributed by atoms with Crippen LogP contribution in [0.4, 0.5) is 0 Å². The van der Waals surface area contributed by atoms with E-state index in [0.29, 0.717) is 0 Å². The summed E-state index contributed by atoms with van der Waals surface area (Å²) in [5.74, 6) is 0. The minimum absolute atomic E-state index is 0.131. The molecule has 0 N–H and O–H groups in total. The number of allylic oxidation sites excluding steroid dienone is 4. The second-order valence-electron chi connectivity index (χ2n) is 8.21. The molecule has 1 atom stereocenters. The molecule has 0 spiro atoms. The average molecular weight is 346 g/mol. The van der Waals surface area contributed by atoms with Crippen LogP contribution < -0.4 is 0 Å². The molecule has 0 fully saturated rings. The van der Waals surface area contributed by atoms with Gasteiger partial charge in [0, 0.05) is 26.8 Å². The standard InChI is InChI=1S/C23H27NSi/c1-16-15-23(4,18(3)17(16)2)25(5,6)24-21-13-9-7-11-19(21)20-12-8-10-14-22(20)24/h7-15H,1-6H3. The van der Waals surface area contributed by atoms with Crippen molar-refractivity contribution in [3.8, 4) is 0 Å². The van der Waals surface area contributed by atoms with E-state index in [1.807, 2.05) is 0 Å². The van der Waals surface area contributed by atoms with Crippen LogP contribution in [0, 0.1) is 0 Å². The van der Waals surface area contributed by atoms with Crippen LogP contribution in [0.15, 0.2) is 71.3 Å². The topological polar surface area (TPSA) is 4.93 Å². The van der Waals surface area contributed by atoms with Gasteiger partial charge in [-0.05, 0) is 38.5 Å². The van der Waals surface area contributed by atoms with Crippen molar-refractivity contribution in [1.82, 2.24) is 4.23 Å². The Morgan fingerprint density at radius 3 is 1.72 bits per heavy atom. The summed E-state index contributed by atoms with van der Waals surface area (Å²) >= 11 is 0. The van der Waals surface area contributed by atoms with Gasteiger partial charge in [-0.3, -0.25) is 0 Å². The lowest BCUT2D eigenvalue weighted by molar-refractivity contribution is 0.825. The maximum Gasteiger partial charge on any atom is 0.170 e. The molecule has 1 nitrogen and oxygen atoms in total. The molecule has 4 rings (SSSR count). The van der Waals surface area contributed by atoms with E-state index in [-0.39, 0.29) is 5.04 Å². The molecular weight excluding hydrogens is 318 g/mol. The van der Waals surface area contributed by atoms with Gasteiger partial charge in [-0.2, -0.15) is 0 Å². The first kappa shape index (κ1) is 16.4. The first-order chi connectivity index (χ1) is 11.8. The molecule has 2 heteroatoms. The van der Waals surface area contributed by atoms with E-state index in [9.17, 15) is 0 Å². The number of rotatable bonds is 2. The zero-order valence-electron chi connectivity index (χ0n) is 16.1. The van der Waals surface area contributed by atoms with Gasteiger partial charge in [0.1, 0.15) is 0 Å². The highest BCUT2D eigenvalue weighted by Crippen LogP contribution is 2.54. The molecule has 0 saturated heterocycles. The van der Waals surface area contributed by atoms with Crippen LogP contribution in [0.1, 0.15) is 27.7 Å². The van der Waals surface area contributed by atoms with E-state index >= 15 is 0 Å². The molecule has 1 aliphatic carbocycles. The molecule has 0 bridgehead atoms. The summed E-state index contributed by atoms with van der Waals surface area (Å²) in [7, 11) is -1.91. The molecule has 0 amide bonds. The molecule has 1 unspecified atom stereocenters. The fourth-order valence-electron chi connectivity index (χ4n) is 4.73. The smallest absolute Gasteiger partial charge is 0.170 e. The van der Waals surface area contributed by atoms with Gasteiger partial charge in [-0.25, -0.2) is 0 Å². The third kappa shape index (κ3) is 2.01. The number of hydrogen-bond donors (Lipinski definition) is 0. The van der Waals surface area contributed by atoms with Crippen LogP contribution in [0.3, 0.4) is 0 Å². The molecule has 3 aromatic rings. The number of hydrogen-bond acceptors (Lipinski definition) is 0. The second-order valence-corrected chi connectivity index (χ2v) is 12.8. The summed E-state index contributed by atoms with van der Waals surface area (Å²) in [6.07, 6.45) is 2.54. The monoisotopic (exact) mass is 345 g/mol. The number of para-hydroxylation sites is 2. The van der Waals surface area contributed by atoms with Crippen molar-refractivity contribution in [2.75, 3.05) is 0 Å². The van der Waals surface area contributed by atoms with E-state index in [0.717, 1.165) is 0 Å². The van der Waals surface area contributed by atoms with Crippen molar-refractivity contribution in [3.05, 3.63) is 71.3 Å².